The average Bonchev–Trinajstić information content (AvgIpc) is 3.34. The second kappa shape index (κ2) is 11.8. The number of carbonyl (C=O) groups is 2. The van der Waals surface area contributed by atoms with E-state index in [0.717, 1.165) is 25.7 Å². The number of aromatic nitrogens is 2. The lowest BCUT2D eigenvalue weighted by Gasteiger charge is -2.37. The molecule has 3 amide bonds. The van der Waals surface area contributed by atoms with E-state index in [1.807, 2.05) is 24.3 Å². The molecule has 1 aliphatic carbocycles. The maximum absolute atomic E-state index is 12.7. The minimum Gasteiger partial charge on any atom is -0.338 e. The van der Waals surface area contributed by atoms with Crippen LogP contribution in [0, 0.1) is 0 Å². The molecule has 4 rings (SSSR count). The van der Waals surface area contributed by atoms with Crippen LogP contribution in [0.1, 0.15) is 45.6 Å². The van der Waals surface area contributed by atoms with Gasteiger partial charge in [-0.25, -0.2) is 9.59 Å². The van der Waals surface area contributed by atoms with Gasteiger partial charge in [-0.15, -0.1) is 0 Å². The summed E-state index contributed by atoms with van der Waals surface area (Å²) in [5, 5.41) is 2.69. The quantitative estimate of drug-likeness (QED) is 0.483. The standard InChI is InChI=1S/C28H42N8O3/c1-19(33(4)23-10-7-21(29)18-23)17-20-5-8-22(9-6-20)36-12-11-24(32-27(36)39)31-26(38)35-15-13-34(14-16-35)25(37)28(2,3)30/h5-6,8-9,11-12,19,21,23H,7,10,13-18,29-30H2,1-4H3,(H,31,32,38,39). The van der Waals surface area contributed by atoms with E-state index in [2.05, 4.69) is 29.2 Å². The van der Waals surface area contributed by atoms with Crippen LogP contribution in [0.25, 0.3) is 5.69 Å². The Morgan fingerprint density at radius 2 is 1.74 bits per heavy atom. The lowest BCUT2D eigenvalue weighted by atomic mass is 10.0. The first kappa shape index (κ1) is 28.7. The number of amides is 3. The summed E-state index contributed by atoms with van der Waals surface area (Å²) in [5.41, 5.74) is 12.5. The molecule has 2 heterocycles. The van der Waals surface area contributed by atoms with Crippen LogP contribution in [0.4, 0.5) is 10.6 Å². The largest absolute Gasteiger partial charge is 0.354 e. The molecule has 5 N–H and O–H groups in total. The molecule has 1 aromatic carbocycles. The first-order valence-electron chi connectivity index (χ1n) is 13.7. The zero-order valence-corrected chi connectivity index (χ0v) is 23.5. The highest BCUT2D eigenvalue weighted by Crippen LogP contribution is 2.24. The van der Waals surface area contributed by atoms with E-state index in [4.69, 9.17) is 11.5 Å². The minimum atomic E-state index is -0.947. The van der Waals surface area contributed by atoms with Gasteiger partial charge in [0, 0.05) is 50.5 Å². The Bertz CT molecular complexity index is 1210. The molecule has 1 saturated carbocycles. The molecule has 0 bridgehead atoms. The molecular weight excluding hydrogens is 496 g/mol. The third-order valence-electron chi connectivity index (χ3n) is 7.91. The third-order valence-corrected chi connectivity index (χ3v) is 7.91. The van der Waals surface area contributed by atoms with E-state index in [9.17, 15) is 14.4 Å². The van der Waals surface area contributed by atoms with Gasteiger partial charge in [-0.3, -0.25) is 14.7 Å². The molecule has 0 radical (unpaired) electrons. The topological polar surface area (TPSA) is 143 Å². The maximum Gasteiger partial charge on any atom is 0.354 e. The van der Waals surface area contributed by atoms with Crippen molar-refractivity contribution >= 4 is 17.8 Å². The Balaban J connectivity index is 1.32. The maximum atomic E-state index is 12.7. The predicted octanol–water partition coefficient (Wildman–Crippen LogP) is 1.39. The van der Waals surface area contributed by atoms with E-state index >= 15 is 0 Å². The number of benzene rings is 1. The summed E-state index contributed by atoms with van der Waals surface area (Å²) in [6, 6.07) is 10.4. The Labute approximate surface area is 230 Å². The Hall–Kier alpha value is -3.28. The number of piperazine rings is 1. The first-order valence-corrected chi connectivity index (χ1v) is 13.7. The number of likely N-dealkylation sites (N-methyl/N-ethyl adjacent to an activating group) is 1. The summed E-state index contributed by atoms with van der Waals surface area (Å²) >= 11 is 0. The number of urea groups is 1. The van der Waals surface area contributed by atoms with Gasteiger partial charge in [0.2, 0.25) is 5.91 Å². The van der Waals surface area contributed by atoms with Crippen molar-refractivity contribution in [2.45, 2.75) is 70.1 Å². The normalized spacial score (nSPS) is 20.8. The second-order valence-corrected chi connectivity index (χ2v) is 11.5. The van der Waals surface area contributed by atoms with Crippen molar-refractivity contribution in [1.29, 1.82) is 0 Å². The molecule has 2 aliphatic rings. The molecule has 39 heavy (non-hydrogen) atoms. The van der Waals surface area contributed by atoms with Crippen LogP contribution in [0.5, 0.6) is 0 Å². The monoisotopic (exact) mass is 538 g/mol. The van der Waals surface area contributed by atoms with E-state index in [-0.39, 0.29) is 17.8 Å². The summed E-state index contributed by atoms with van der Waals surface area (Å²) in [5.74, 6) is 0.0416. The number of hydrogen-bond acceptors (Lipinski definition) is 7. The van der Waals surface area contributed by atoms with Gasteiger partial charge in [-0.05, 0) is 77.3 Å². The minimum absolute atomic E-state index is 0.142. The molecule has 1 aliphatic heterocycles. The van der Waals surface area contributed by atoms with Crippen LogP contribution >= 0.6 is 0 Å². The number of anilines is 1. The van der Waals surface area contributed by atoms with Gasteiger partial charge in [-0.2, -0.15) is 4.98 Å². The van der Waals surface area contributed by atoms with E-state index < -0.39 is 11.2 Å². The number of nitrogens with zero attached hydrogens (tertiary/aromatic N) is 5. The molecule has 3 unspecified atom stereocenters. The van der Waals surface area contributed by atoms with Crippen LogP contribution in [0.2, 0.25) is 0 Å². The number of nitrogens with one attached hydrogen (secondary N) is 1. The van der Waals surface area contributed by atoms with Gasteiger partial charge >= 0.3 is 11.7 Å². The Morgan fingerprint density at radius 3 is 2.31 bits per heavy atom. The van der Waals surface area contributed by atoms with E-state index in [1.54, 1.807) is 35.9 Å². The molecule has 2 aromatic rings. The summed E-state index contributed by atoms with van der Waals surface area (Å²) in [4.78, 5) is 47.6. The smallest absolute Gasteiger partial charge is 0.338 e. The van der Waals surface area contributed by atoms with Crippen LogP contribution in [0.3, 0.4) is 0 Å². The molecule has 212 valence electrons. The second-order valence-electron chi connectivity index (χ2n) is 11.5. The van der Waals surface area contributed by atoms with Gasteiger partial charge in [0.15, 0.2) is 0 Å². The fourth-order valence-electron chi connectivity index (χ4n) is 5.38. The zero-order chi connectivity index (χ0) is 28.3. The molecule has 3 atom stereocenters. The van der Waals surface area contributed by atoms with Gasteiger partial charge in [0.25, 0.3) is 0 Å². The SMILES string of the molecule is CC(Cc1ccc(-n2ccc(NC(=O)N3CCN(C(=O)C(C)(C)N)CC3)nc2=O)cc1)N(C)C1CCC(N)C1. The Morgan fingerprint density at radius 1 is 1.10 bits per heavy atom. The van der Waals surface area contributed by atoms with Crippen molar-refractivity contribution in [3.05, 3.63) is 52.6 Å². The zero-order valence-electron chi connectivity index (χ0n) is 23.5. The number of hydrogen-bond donors (Lipinski definition) is 3. The number of rotatable bonds is 7. The highest BCUT2D eigenvalue weighted by Gasteiger charge is 2.31. The lowest BCUT2D eigenvalue weighted by Crippen LogP contribution is -2.58. The van der Waals surface area contributed by atoms with Crippen LogP contribution < -0.4 is 22.5 Å². The predicted molar refractivity (Wildman–Crippen MR) is 152 cm³/mol. The van der Waals surface area contributed by atoms with Gasteiger partial charge in [0.1, 0.15) is 5.82 Å². The average molecular weight is 539 g/mol. The van der Waals surface area contributed by atoms with Crippen LogP contribution in [0.15, 0.2) is 41.3 Å². The fourth-order valence-corrected chi connectivity index (χ4v) is 5.38. The van der Waals surface area contributed by atoms with Crippen LogP contribution in [-0.4, -0.2) is 93.1 Å². The van der Waals surface area contributed by atoms with E-state index in [1.165, 1.54) is 10.1 Å². The highest BCUT2D eigenvalue weighted by atomic mass is 16.2. The molecular formula is C28H42N8O3. The summed E-state index contributed by atoms with van der Waals surface area (Å²) in [7, 11) is 2.18. The summed E-state index contributed by atoms with van der Waals surface area (Å²) < 4.78 is 1.45. The number of carbonyl (C=O) groups excluding carboxylic acids is 2. The molecule has 11 heteroatoms. The summed E-state index contributed by atoms with van der Waals surface area (Å²) in [6.07, 6.45) is 5.82. The fraction of sp³-hybridized carbons (Fsp3) is 0.571. The summed E-state index contributed by atoms with van der Waals surface area (Å²) in [6.45, 7) is 7.14. The van der Waals surface area contributed by atoms with Crippen LogP contribution in [-0.2, 0) is 11.2 Å². The highest BCUT2D eigenvalue weighted by molar-refractivity contribution is 5.89. The van der Waals surface area contributed by atoms with Gasteiger partial charge in [0.05, 0.1) is 11.2 Å². The Kier molecular flexibility index (Phi) is 8.73. The van der Waals surface area contributed by atoms with Crippen molar-refractivity contribution < 1.29 is 9.59 Å². The third kappa shape index (κ3) is 7.03. The van der Waals surface area contributed by atoms with E-state index in [0.29, 0.717) is 50.0 Å². The van der Waals surface area contributed by atoms with Crippen molar-refractivity contribution in [2.75, 3.05) is 38.5 Å². The molecule has 1 saturated heterocycles. The van der Waals surface area contributed by atoms with Crippen molar-refractivity contribution in [1.82, 2.24) is 24.3 Å². The van der Waals surface area contributed by atoms with Gasteiger partial charge < -0.3 is 26.2 Å². The van der Waals surface area contributed by atoms with Gasteiger partial charge in [-0.1, -0.05) is 12.1 Å². The van der Waals surface area contributed by atoms with Crippen molar-refractivity contribution in [3.63, 3.8) is 0 Å². The molecule has 2 fully saturated rings. The molecule has 1 aromatic heterocycles. The first-order chi connectivity index (χ1) is 18.4. The molecule has 0 spiro atoms. The van der Waals surface area contributed by atoms with Crippen molar-refractivity contribution in [2.24, 2.45) is 11.5 Å². The number of nitrogens with two attached hydrogens (primary N) is 2. The molecule has 11 nitrogen and oxygen atoms in total. The lowest BCUT2D eigenvalue weighted by molar-refractivity contribution is -0.137. The van der Waals surface area contributed by atoms with Crippen molar-refractivity contribution in [3.8, 4) is 5.69 Å².